The highest BCUT2D eigenvalue weighted by atomic mass is 32.2. The minimum absolute atomic E-state index is 0.101. The van der Waals surface area contributed by atoms with Gasteiger partial charge in [-0.2, -0.15) is 4.68 Å². The summed E-state index contributed by atoms with van der Waals surface area (Å²) in [6.45, 7) is 1.44. The van der Waals surface area contributed by atoms with E-state index in [4.69, 9.17) is 9.47 Å². The van der Waals surface area contributed by atoms with Crippen LogP contribution in [0.25, 0.3) is 5.69 Å². The zero-order valence-electron chi connectivity index (χ0n) is 16.6. The van der Waals surface area contributed by atoms with Crippen molar-refractivity contribution in [2.24, 2.45) is 0 Å². The first-order chi connectivity index (χ1) is 14.5. The Morgan fingerprint density at radius 3 is 2.27 bits per heavy atom. The second-order valence-electron chi connectivity index (χ2n) is 6.04. The van der Waals surface area contributed by atoms with Gasteiger partial charge in [-0.15, -0.1) is 5.10 Å². The van der Waals surface area contributed by atoms with Crippen molar-refractivity contribution in [3.05, 3.63) is 42.5 Å². The highest BCUT2D eigenvalue weighted by molar-refractivity contribution is 7.99. The summed E-state index contributed by atoms with van der Waals surface area (Å²) >= 11 is 1.19. The Morgan fingerprint density at radius 2 is 1.67 bits per heavy atom. The highest BCUT2D eigenvalue weighted by Crippen LogP contribution is 2.26. The summed E-state index contributed by atoms with van der Waals surface area (Å²) in [5.41, 5.74) is 1.93. The summed E-state index contributed by atoms with van der Waals surface area (Å²) in [5, 5.41) is 17.6. The Balaban J connectivity index is 1.64. The van der Waals surface area contributed by atoms with Gasteiger partial charge in [-0.05, 0) is 34.7 Å². The molecule has 0 aliphatic carbocycles. The number of methoxy groups -OCH3 is 2. The number of amides is 2. The Hall–Kier alpha value is -3.60. The molecule has 0 bridgehead atoms. The summed E-state index contributed by atoms with van der Waals surface area (Å²) in [5.74, 6) is 0.865. The lowest BCUT2D eigenvalue weighted by Gasteiger charge is -2.10. The van der Waals surface area contributed by atoms with Gasteiger partial charge in [0.25, 0.3) is 0 Å². The normalized spacial score (nSPS) is 10.4. The molecule has 3 rings (SSSR count). The van der Waals surface area contributed by atoms with E-state index in [9.17, 15) is 9.59 Å². The van der Waals surface area contributed by atoms with Crippen molar-refractivity contribution in [3.8, 4) is 17.2 Å². The van der Waals surface area contributed by atoms with E-state index in [2.05, 4.69) is 26.2 Å². The average molecular weight is 428 g/mol. The van der Waals surface area contributed by atoms with Gasteiger partial charge in [0.05, 0.1) is 25.7 Å². The number of hydrogen-bond acceptors (Lipinski definition) is 8. The molecule has 156 valence electrons. The molecule has 0 fully saturated rings. The largest absolute Gasteiger partial charge is 0.497 e. The molecule has 1 aromatic heterocycles. The first-order valence-corrected chi connectivity index (χ1v) is 9.79. The maximum atomic E-state index is 12.4. The molecule has 0 atom stereocenters. The number of hydrogen-bond donors (Lipinski definition) is 2. The monoisotopic (exact) mass is 428 g/mol. The first kappa shape index (κ1) is 21.1. The zero-order valence-corrected chi connectivity index (χ0v) is 17.4. The second kappa shape index (κ2) is 9.74. The van der Waals surface area contributed by atoms with E-state index in [0.717, 1.165) is 0 Å². The summed E-state index contributed by atoms with van der Waals surface area (Å²) < 4.78 is 11.9. The molecule has 2 aromatic carbocycles. The summed E-state index contributed by atoms with van der Waals surface area (Å²) in [6, 6.07) is 12.2. The van der Waals surface area contributed by atoms with E-state index in [1.807, 2.05) is 0 Å². The van der Waals surface area contributed by atoms with Crippen LogP contribution >= 0.6 is 11.8 Å². The third-order valence-corrected chi connectivity index (χ3v) is 4.76. The number of anilines is 2. The topological polar surface area (TPSA) is 120 Å². The molecule has 0 aliphatic heterocycles. The molecule has 0 radical (unpaired) electrons. The average Bonchev–Trinajstić information content (AvgIpc) is 3.20. The zero-order chi connectivity index (χ0) is 21.5. The van der Waals surface area contributed by atoms with Crippen molar-refractivity contribution in [2.75, 3.05) is 30.6 Å². The highest BCUT2D eigenvalue weighted by Gasteiger charge is 2.13. The van der Waals surface area contributed by atoms with Crippen molar-refractivity contribution in [1.29, 1.82) is 0 Å². The molecule has 0 spiro atoms. The van der Waals surface area contributed by atoms with E-state index in [1.54, 1.807) is 56.7 Å². The Bertz CT molecular complexity index is 1020. The van der Waals surface area contributed by atoms with Gasteiger partial charge >= 0.3 is 0 Å². The van der Waals surface area contributed by atoms with Crippen molar-refractivity contribution >= 4 is 35.0 Å². The summed E-state index contributed by atoms with van der Waals surface area (Å²) in [7, 11) is 3.08. The molecule has 3 aromatic rings. The van der Waals surface area contributed by atoms with Crippen molar-refractivity contribution in [2.45, 2.75) is 12.1 Å². The van der Waals surface area contributed by atoms with Crippen LogP contribution in [0, 0.1) is 0 Å². The minimum atomic E-state index is -0.231. The van der Waals surface area contributed by atoms with Crippen molar-refractivity contribution < 1.29 is 19.1 Å². The van der Waals surface area contributed by atoms with Gasteiger partial charge in [0.2, 0.25) is 17.0 Å². The molecule has 0 saturated carbocycles. The minimum Gasteiger partial charge on any atom is -0.497 e. The third-order valence-electron chi connectivity index (χ3n) is 3.84. The van der Waals surface area contributed by atoms with Crippen LogP contribution < -0.4 is 20.1 Å². The van der Waals surface area contributed by atoms with Gasteiger partial charge in [0, 0.05) is 36.5 Å². The van der Waals surface area contributed by atoms with Crippen molar-refractivity contribution in [3.63, 3.8) is 0 Å². The lowest BCUT2D eigenvalue weighted by atomic mass is 10.2. The Kier molecular flexibility index (Phi) is 6.86. The molecule has 1 heterocycles. The lowest BCUT2D eigenvalue weighted by Crippen LogP contribution is -2.14. The number of benzene rings is 2. The fourth-order valence-corrected chi connectivity index (χ4v) is 3.22. The quantitative estimate of drug-likeness (QED) is 0.525. The predicted octanol–water partition coefficient (Wildman–Crippen LogP) is 2.37. The number of ether oxygens (including phenoxy) is 2. The number of rotatable bonds is 8. The molecule has 11 heteroatoms. The molecule has 0 aliphatic rings. The molecule has 2 N–H and O–H groups in total. The number of nitrogens with zero attached hydrogens (tertiary/aromatic N) is 4. The van der Waals surface area contributed by atoms with Crippen LogP contribution in [0.1, 0.15) is 6.92 Å². The SMILES string of the molecule is COc1cc(NC(=O)CSc2nnnn2-c2ccc(NC(C)=O)cc2)cc(OC)c1. The van der Waals surface area contributed by atoms with Gasteiger partial charge < -0.3 is 20.1 Å². The third kappa shape index (κ3) is 5.47. The van der Waals surface area contributed by atoms with Gasteiger partial charge in [-0.3, -0.25) is 9.59 Å². The van der Waals surface area contributed by atoms with E-state index >= 15 is 0 Å². The molecule has 30 heavy (non-hydrogen) atoms. The van der Waals surface area contributed by atoms with E-state index in [-0.39, 0.29) is 17.6 Å². The van der Waals surface area contributed by atoms with Gasteiger partial charge in [0.15, 0.2) is 0 Å². The van der Waals surface area contributed by atoms with E-state index in [0.29, 0.717) is 33.7 Å². The number of carbonyl (C=O) groups excluding carboxylic acids is 2. The van der Waals surface area contributed by atoms with Crippen LogP contribution in [0.15, 0.2) is 47.6 Å². The van der Waals surface area contributed by atoms with Crippen LogP contribution in [0.4, 0.5) is 11.4 Å². The molecule has 0 saturated heterocycles. The number of carbonyl (C=O) groups is 2. The molecule has 2 amide bonds. The Labute approximate surface area is 176 Å². The van der Waals surface area contributed by atoms with Crippen LogP contribution in [-0.2, 0) is 9.59 Å². The maximum Gasteiger partial charge on any atom is 0.234 e. The molecular weight excluding hydrogens is 408 g/mol. The van der Waals surface area contributed by atoms with E-state index < -0.39 is 0 Å². The van der Waals surface area contributed by atoms with Crippen LogP contribution in [-0.4, -0.2) is 52.0 Å². The standard InChI is InChI=1S/C19H20N6O4S/c1-12(26)20-13-4-6-15(7-5-13)25-19(22-23-24-25)30-11-18(27)21-14-8-16(28-2)10-17(9-14)29-3/h4-10H,11H2,1-3H3,(H,20,26)(H,21,27). The maximum absolute atomic E-state index is 12.4. The molecule has 10 nitrogen and oxygen atoms in total. The van der Waals surface area contributed by atoms with Crippen molar-refractivity contribution in [1.82, 2.24) is 20.2 Å². The molecule has 0 unspecified atom stereocenters. The number of tetrazole rings is 1. The summed E-state index contributed by atoms with van der Waals surface area (Å²) in [4.78, 5) is 23.5. The first-order valence-electron chi connectivity index (χ1n) is 8.80. The van der Waals surface area contributed by atoms with Crippen LogP contribution in [0.3, 0.4) is 0 Å². The fourth-order valence-electron chi connectivity index (χ4n) is 2.53. The predicted molar refractivity (Wildman–Crippen MR) is 112 cm³/mol. The number of thioether (sulfide) groups is 1. The number of aromatic nitrogens is 4. The van der Waals surface area contributed by atoms with Crippen LogP contribution in [0.2, 0.25) is 0 Å². The Morgan fingerprint density at radius 1 is 1.00 bits per heavy atom. The summed E-state index contributed by atoms with van der Waals surface area (Å²) in [6.07, 6.45) is 0. The van der Waals surface area contributed by atoms with E-state index in [1.165, 1.54) is 23.4 Å². The fraction of sp³-hybridized carbons (Fsp3) is 0.211. The van der Waals surface area contributed by atoms with Gasteiger partial charge in [0.1, 0.15) is 11.5 Å². The van der Waals surface area contributed by atoms with Gasteiger partial charge in [-0.1, -0.05) is 11.8 Å². The second-order valence-corrected chi connectivity index (χ2v) is 6.98. The van der Waals surface area contributed by atoms with Gasteiger partial charge in [-0.25, -0.2) is 0 Å². The number of nitrogens with one attached hydrogen (secondary N) is 2. The lowest BCUT2D eigenvalue weighted by molar-refractivity contribution is -0.114. The molecular formula is C19H20N6O4S. The van der Waals surface area contributed by atoms with Crippen LogP contribution in [0.5, 0.6) is 11.5 Å². The smallest absolute Gasteiger partial charge is 0.234 e.